The van der Waals surface area contributed by atoms with Crippen molar-refractivity contribution >= 4 is 17.5 Å². The molecule has 0 saturated carbocycles. The molecule has 1 aliphatic heterocycles. The number of rotatable bonds is 4. The zero-order valence-electron chi connectivity index (χ0n) is 9.44. The largest absolute Gasteiger partial charge is 0.394 e. The van der Waals surface area contributed by atoms with E-state index in [1.165, 1.54) is 6.08 Å². The summed E-state index contributed by atoms with van der Waals surface area (Å²) in [5.74, 6) is -0.438. The lowest BCUT2D eigenvalue weighted by molar-refractivity contribution is -0.253. The predicted octanol–water partition coefficient (Wildman–Crippen LogP) is -2.30. The van der Waals surface area contributed by atoms with Crippen LogP contribution in [-0.2, 0) is 9.53 Å². The highest BCUT2D eigenvalue weighted by Crippen LogP contribution is 2.19. The van der Waals surface area contributed by atoms with Gasteiger partial charge in [-0.3, -0.25) is 4.79 Å². The Kier molecular flexibility index (Phi) is 6.00. The van der Waals surface area contributed by atoms with Gasteiger partial charge in [0.15, 0.2) is 6.29 Å². The molecule has 0 aliphatic carbocycles. The molecule has 0 unspecified atom stereocenters. The van der Waals surface area contributed by atoms with Crippen LogP contribution in [0.15, 0.2) is 12.2 Å². The van der Waals surface area contributed by atoms with Crippen molar-refractivity contribution in [1.82, 2.24) is 5.32 Å². The minimum Gasteiger partial charge on any atom is -0.394 e. The summed E-state index contributed by atoms with van der Waals surface area (Å²) in [5, 5.41) is 40.0. The molecule has 0 spiro atoms. The van der Waals surface area contributed by atoms with Gasteiger partial charge in [0.25, 0.3) is 0 Å². The molecule has 1 aliphatic rings. The second kappa shape index (κ2) is 7.03. The van der Waals surface area contributed by atoms with Gasteiger partial charge in [-0.1, -0.05) is 6.08 Å². The normalized spacial score (nSPS) is 36.8. The van der Waals surface area contributed by atoms with Gasteiger partial charge in [0.1, 0.15) is 24.4 Å². The van der Waals surface area contributed by atoms with Crippen LogP contribution in [0.2, 0.25) is 0 Å². The van der Waals surface area contributed by atoms with Crippen molar-refractivity contribution < 1.29 is 30.0 Å². The van der Waals surface area contributed by atoms with Gasteiger partial charge in [0, 0.05) is 12.0 Å². The number of aliphatic hydroxyl groups excluding tert-OH is 4. The maximum Gasteiger partial charge on any atom is 0.244 e. The van der Waals surface area contributed by atoms with Gasteiger partial charge in [-0.15, -0.1) is 11.6 Å². The Morgan fingerprint density at radius 1 is 1.33 bits per heavy atom. The molecule has 7 nitrogen and oxygen atoms in total. The third-order valence-electron chi connectivity index (χ3n) is 2.57. The number of hydrogen-bond acceptors (Lipinski definition) is 6. The van der Waals surface area contributed by atoms with Crippen molar-refractivity contribution in [3.05, 3.63) is 12.2 Å². The summed E-state index contributed by atoms with van der Waals surface area (Å²) in [6.45, 7) is -0.553. The summed E-state index contributed by atoms with van der Waals surface area (Å²) in [7, 11) is 0. The molecule has 1 rings (SSSR count). The molecule has 0 aromatic heterocycles. The molecule has 104 valence electrons. The Bertz CT molecular complexity index is 313. The lowest BCUT2D eigenvalue weighted by atomic mass is 9.97. The Hall–Kier alpha value is -0.700. The first-order valence-electron chi connectivity index (χ1n) is 5.34. The number of allylic oxidation sites excluding steroid dienone is 1. The highest BCUT2D eigenvalue weighted by atomic mass is 35.5. The Balaban J connectivity index is 2.65. The van der Waals surface area contributed by atoms with E-state index in [0.717, 1.165) is 6.08 Å². The molecule has 1 saturated heterocycles. The first kappa shape index (κ1) is 15.4. The van der Waals surface area contributed by atoms with Crippen molar-refractivity contribution in [3.63, 3.8) is 0 Å². The summed E-state index contributed by atoms with van der Waals surface area (Å²) in [6.07, 6.45) is -2.95. The number of halogens is 1. The van der Waals surface area contributed by atoms with Gasteiger partial charge in [0.2, 0.25) is 5.91 Å². The molecule has 0 aromatic carbocycles. The van der Waals surface area contributed by atoms with Crippen LogP contribution in [0.1, 0.15) is 0 Å². The number of alkyl halides is 1. The third kappa shape index (κ3) is 3.64. The maximum absolute atomic E-state index is 11.4. The number of carbonyl (C=O) groups is 1. The van der Waals surface area contributed by atoms with E-state index < -0.39 is 43.2 Å². The quantitative estimate of drug-likeness (QED) is 0.292. The molecule has 1 fully saturated rings. The fourth-order valence-electron chi connectivity index (χ4n) is 1.62. The van der Waals surface area contributed by atoms with E-state index in [9.17, 15) is 20.1 Å². The first-order chi connectivity index (χ1) is 8.51. The molecule has 1 amide bonds. The number of ether oxygens (including phenoxy) is 1. The summed E-state index contributed by atoms with van der Waals surface area (Å²) < 4.78 is 4.87. The van der Waals surface area contributed by atoms with E-state index in [0.29, 0.717) is 0 Å². The fraction of sp³-hybridized carbons (Fsp3) is 0.700. The average Bonchev–Trinajstić information content (AvgIpc) is 2.36. The summed E-state index contributed by atoms with van der Waals surface area (Å²) in [5.41, 5.74) is 0. The van der Waals surface area contributed by atoms with Crippen molar-refractivity contribution in [1.29, 1.82) is 0 Å². The lowest BCUT2D eigenvalue weighted by Crippen LogP contribution is -2.64. The van der Waals surface area contributed by atoms with Gasteiger partial charge in [-0.25, -0.2) is 0 Å². The van der Waals surface area contributed by atoms with Crippen LogP contribution < -0.4 is 5.32 Å². The zero-order chi connectivity index (χ0) is 13.7. The number of amides is 1. The zero-order valence-corrected chi connectivity index (χ0v) is 10.2. The van der Waals surface area contributed by atoms with E-state index in [1.54, 1.807) is 0 Å². The molecule has 5 atom stereocenters. The number of nitrogens with one attached hydrogen (secondary N) is 1. The molecule has 0 bridgehead atoms. The SMILES string of the molecule is O=C(/C=C/CCl)N[C@@H]1[C@@H](O)[C@H](O)[C@@H](CO)O[C@H]1O. The maximum atomic E-state index is 11.4. The summed E-state index contributed by atoms with van der Waals surface area (Å²) in [6, 6.07) is -1.18. The topological polar surface area (TPSA) is 119 Å². The number of aliphatic hydroxyl groups is 4. The van der Waals surface area contributed by atoms with Gasteiger partial charge >= 0.3 is 0 Å². The minimum absolute atomic E-state index is 0.148. The molecule has 18 heavy (non-hydrogen) atoms. The average molecular weight is 282 g/mol. The molecule has 5 N–H and O–H groups in total. The predicted molar refractivity (Wildman–Crippen MR) is 61.8 cm³/mol. The van der Waals surface area contributed by atoms with E-state index in [2.05, 4.69) is 5.32 Å². The Morgan fingerprint density at radius 2 is 2.00 bits per heavy atom. The van der Waals surface area contributed by atoms with Crippen LogP contribution in [0, 0.1) is 0 Å². The van der Waals surface area contributed by atoms with Gasteiger partial charge in [-0.2, -0.15) is 0 Å². The van der Waals surface area contributed by atoms with Crippen LogP contribution in [0.4, 0.5) is 0 Å². The van der Waals surface area contributed by atoms with E-state index in [-0.39, 0.29) is 5.88 Å². The van der Waals surface area contributed by atoms with Crippen LogP contribution in [0.25, 0.3) is 0 Å². The molecular formula is C10H16ClNO6. The van der Waals surface area contributed by atoms with Crippen molar-refractivity contribution in [2.24, 2.45) is 0 Å². The molecular weight excluding hydrogens is 266 g/mol. The van der Waals surface area contributed by atoms with Crippen molar-refractivity contribution in [2.45, 2.75) is 30.6 Å². The van der Waals surface area contributed by atoms with Gasteiger partial charge < -0.3 is 30.5 Å². The first-order valence-corrected chi connectivity index (χ1v) is 5.88. The second-order valence-corrected chi connectivity index (χ2v) is 4.13. The van der Waals surface area contributed by atoms with Crippen LogP contribution in [0.5, 0.6) is 0 Å². The third-order valence-corrected chi connectivity index (χ3v) is 2.75. The standard InChI is InChI=1S/C10H16ClNO6/c11-3-1-2-6(14)12-7-9(16)8(15)5(4-13)18-10(7)17/h1-2,5,7-10,13,15-17H,3-4H2,(H,12,14)/b2-1+/t5-,7-,8-,9-,10-/m1/s1. The van der Waals surface area contributed by atoms with Crippen LogP contribution in [-0.4, -0.2) is 69.5 Å². The van der Waals surface area contributed by atoms with Crippen molar-refractivity contribution in [3.8, 4) is 0 Å². The minimum atomic E-state index is -1.52. The van der Waals surface area contributed by atoms with E-state index >= 15 is 0 Å². The Morgan fingerprint density at radius 3 is 2.56 bits per heavy atom. The number of hydrogen-bond donors (Lipinski definition) is 5. The fourth-order valence-corrected chi connectivity index (χ4v) is 1.71. The van der Waals surface area contributed by atoms with Crippen LogP contribution >= 0.6 is 11.6 Å². The lowest BCUT2D eigenvalue weighted by Gasteiger charge is -2.40. The van der Waals surface area contributed by atoms with E-state index in [1.807, 2.05) is 0 Å². The van der Waals surface area contributed by atoms with Gasteiger partial charge in [-0.05, 0) is 0 Å². The highest BCUT2D eigenvalue weighted by molar-refractivity contribution is 6.19. The summed E-state index contributed by atoms with van der Waals surface area (Å²) >= 11 is 5.35. The highest BCUT2D eigenvalue weighted by Gasteiger charge is 2.44. The molecule has 8 heteroatoms. The second-order valence-electron chi connectivity index (χ2n) is 3.82. The van der Waals surface area contributed by atoms with E-state index in [4.69, 9.17) is 21.4 Å². The van der Waals surface area contributed by atoms with Gasteiger partial charge in [0.05, 0.1) is 6.61 Å². The molecule has 0 radical (unpaired) electrons. The monoisotopic (exact) mass is 281 g/mol. The number of carbonyl (C=O) groups excluding carboxylic acids is 1. The van der Waals surface area contributed by atoms with Crippen LogP contribution in [0.3, 0.4) is 0 Å². The molecule has 0 aromatic rings. The Labute approximate surface area is 109 Å². The smallest absolute Gasteiger partial charge is 0.244 e. The summed E-state index contributed by atoms with van der Waals surface area (Å²) in [4.78, 5) is 11.4. The molecule has 1 heterocycles. The van der Waals surface area contributed by atoms with Crippen molar-refractivity contribution in [2.75, 3.05) is 12.5 Å².